The maximum atomic E-state index is 13.6. The average molecular weight is 505 g/mol. The molecule has 1 aliphatic rings. The Morgan fingerprint density at radius 2 is 1.51 bits per heavy atom. The molecule has 37 heavy (non-hydrogen) atoms. The lowest BCUT2D eigenvalue weighted by molar-refractivity contribution is 0.312. The van der Waals surface area contributed by atoms with Crippen molar-refractivity contribution in [2.45, 2.75) is 20.4 Å². The van der Waals surface area contributed by atoms with Crippen LogP contribution in [0.25, 0.3) is 22.6 Å². The number of likely N-dealkylation sites (N-methyl/N-ethyl adjacent to an activating group) is 1. The molecule has 0 saturated carbocycles. The zero-order valence-corrected chi connectivity index (χ0v) is 21.2. The van der Waals surface area contributed by atoms with Gasteiger partial charge in [0, 0.05) is 49.4 Å². The highest BCUT2D eigenvalue weighted by Crippen LogP contribution is 2.21. The summed E-state index contributed by atoms with van der Waals surface area (Å²) >= 11 is 0. The third kappa shape index (κ3) is 6.42. The standard InChI is InChI=1S/C26H24F2N6O.C2H6/c1-32-7-9-33(10-8-32)23-15-29-26(30-16-23)19-4-2-3-18(11-19)17-34-25(35)6-5-24(31-34)20-12-21(27)14-22(28)13-20;1-2/h2-6,11-16H,7-10,17H2,1H3;1-2H3. The van der Waals surface area contributed by atoms with E-state index < -0.39 is 11.6 Å². The Bertz CT molecular complexity index is 1380. The first-order valence-corrected chi connectivity index (χ1v) is 12.3. The maximum Gasteiger partial charge on any atom is 0.267 e. The summed E-state index contributed by atoms with van der Waals surface area (Å²) in [6, 6.07) is 13.5. The highest BCUT2D eigenvalue weighted by atomic mass is 19.1. The van der Waals surface area contributed by atoms with Crippen LogP contribution in [0.4, 0.5) is 14.5 Å². The van der Waals surface area contributed by atoms with Crippen molar-refractivity contribution in [3.8, 4) is 22.6 Å². The predicted octanol–water partition coefficient (Wildman–Crippen LogP) is 4.47. The van der Waals surface area contributed by atoms with Gasteiger partial charge in [0.1, 0.15) is 11.6 Å². The van der Waals surface area contributed by atoms with Crippen molar-refractivity contribution in [1.82, 2.24) is 24.6 Å². The van der Waals surface area contributed by atoms with Gasteiger partial charge in [0.2, 0.25) is 0 Å². The molecule has 0 aliphatic carbocycles. The van der Waals surface area contributed by atoms with Crippen LogP contribution in [0.2, 0.25) is 0 Å². The molecular formula is C28H30F2N6O. The fourth-order valence-corrected chi connectivity index (χ4v) is 4.10. The van der Waals surface area contributed by atoms with Crippen LogP contribution >= 0.6 is 0 Å². The van der Waals surface area contributed by atoms with E-state index in [0.29, 0.717) is 11.5 Å². The van der Waals surface area contributed by atoms with Crippen molar-refractivity contribution in [3.63, 3.8) is 0 Å². The van der Waals surface area contributed by atoms with Gasteiger partial charge >= 0.3 is 0 Å². The van der Waals surface area contributed by atoms with E-state index in [1.165, 1.54) is 28.9 Å². The van der Waals surface area contributed by atoms with E-state index in [0.717, 1.165) is 49.1 Å². The first-order valence-electron chi connectivity index (χ1n) is 12.3. The average Bonchev–Trinajstić information content (AvgIpc) is 2.91. The smallest absolute Gasteiger partial charge is 0.267 e. The van der Waals surface area contributed by atoms with Gasteiger partial charge in [-0.3, -0.25) is 4.79 Å². The van der Waals surface area contributed by atoms with Crippen molar-refractivity contribution < 1.29 is 8.78 Å². The molecule has 0 atom stereocenters. The molecule has 0 unspecified atom stereocenters. The monoisotopic (exact) mass is 504 g/mol. The number of rotatable bonds is 5. The van der Waals surface area contributed by atoms with E-state index in [4.69, 9.17) is 0 Å². The van der Waals surface area contributed by atoms with Gasteiger partial charge in [-0.15, -0.1) is 0 Å². The molecule has 7 nitrogen and oxygen atoms in total. The molecule has 4 aromatic rings. The molecular weight excluding hydrogens is 474 g/mol. The van der Waals surface area contributed by atoms with Crippen LogP contribution < -0.4 is 10.5 Å². The number of halogens is 2. The van der Waals surface area contributed by atoms with Gasteiger partial charge in [-0.1, -0.05) is 32.0 Å². The molecule has 2 aromatic carbocycles. The first kappa shape index (κ1) is 26.1. The fraction of sp³-hybridized carbons (Fsp3) is 0.286. The summed E-state index contributed by atoms with van der Waals surface area (Å²) in [5.74, 6) is -0.814. The van der Waals surface area contributed by atoms with Gasteiger partial charge in [0.05, 0.1) is 30.3 Å². The molecule has 0 radical (unpaired) electrons. The van der Waals surface area contributed by atoms with Crippen LogP contribution in [-0.2, 0) is 6.54 Å². The largest absolute Gasteiger partial charge is 0.366 e. The van der Waals surface area contributed by atoms with Crippen molar-refractivity contribution in [1.29, 1.82) is 0 Å². The van der Waals surface area contributed by atoms with Crippen molar-refractivity contribution in [2.75, 3.05) is 38.1 Å². The molecule has 192 valence electrons. The highest BCUT2D eigenvalue weighted by molar-refractivity contribution is 5.59. The Balaban J connectivity index is 0.00000156. The zero-order chi connectivity index (χ0) is 26.4. The summed E-state index contributed by atoms with van der Waals surface area (Å²) in [5.41, 5.74) is 2.90. The summed E-state index contributed by atoms with van der Waals surface area (Å²) in [6.07, 6.45) is 3.68. The zero-order valence-electron chi connectivity index (χ0n) is 21.2. The van der Waals surface area contributed by atoms with Gasteiger partial charge in [-0.2, -0.15) is 5.10 Å². The lowest BCUT2D eigenvalue weighted by Crippen LogP contribution is -2.44. The van der Waals surface area contributed by atoms with Crippen LogP contribution in [0, 0.1) is 11.6 Å². The Morgan fingerprint density at radius 3 is 2.19 bits per heavy atom. The number of nitrogens with zero attached hydrogens (tertiary/aromatic N) is 6. The molecule has 0 bridgehead atoms. The molecule has 1 aliphatic heterocycles. The highest BCUT2D eigenvalue weighted by Gasteiger charge is 2.15. The predicted molar refractivity (Wildman–Crippen MR) is 141 cm³/mol. The number of aromatic nitrogens is 4. The maximum absolute atomic E-state index is 13.6. The van der Waals surface area contributed by atoms with Crippen molar-refractivity contribution in [2.24, 2.45) is 0 Å². The minimum absolute atomic E-state index is 0.192. The van der Waals surface area contributed by atoms with Gasteiger partial charge in [0.25, 0.3) is 5.56 Å². The number of benzene rings is 2. The molecule has 0 N–H and O–H groups in total. The molecule has 5 rings (SSSR count). The Labute approximate surface area is 215 Å². The van der Waals surface area contributed by atoms with E-state index in [1.807, 2.05) is 50.5 Å². The minimum Gasteiger partial charge on any atom is -0.366 e. The molecule has 3 heterocycles. The lowest BCUT2D eigenvalue weighted by Gasteiger charge is -2.33. The van der Waals surface area contributed by atoms with E-state index in [-0.39, 0.29) is 17.7 Å². The second kappa shape index (κ2) is 11.8. The van der Waals surface area contributed by atoms with E-state index in [9.17, 15) is 13.6 Å². The summed E-state index contributed by atoms with van der Waals surface area (Å²) in [4.78, 5) is 26.1. The number of hydrogen-bond donors (Lipinski definition) is 0. The second-order valence-corrected chi connectivity index (χ2v) is 8.63. The SMILES string of the molecule is CC.CN1CCN(c2cnc(-c3cccc(Cn4nc(-c5cc(F)cc(F)c5)ccc4=O)c3)nc2)CC1. The van der Waals surface area contributed by atoms with E-state index in [1.54, 1.807) is 0 Å². The van der Waals surface area contributed by atoms with Gasteiger partial charge < -0.3 is 9.80 Å². The Hall–Kier alpha value is -3.98. The van der Waals surface area contributed by atoms with Crippen molar-refractivity contribution in [3.05, 3.63) is 94.5 Å². The third-order valence-corrected chi connectivity index (χ3v) is 6.05. The van der Waals surface area contributed by atoms with Crippen LogP contribution in [0.5, 0.6) is 0 Å². The van der Waals surface area contributed by atoms with Crippen molar-refractivity contribution >= 4 is 5.69 Å². The first-order chi connectivity index (χ1) is 17.9. The molecule has 2 aromatic heterocycles. The molecule has 1 saturated heterocycles. The molecule has 9 heteroatoms. The topological polar surface area (TPSA) is 67.2 Å². The summed E-state index contributed by atoms with van der Waals surface area (Å²) in [5, 5.41) is 4.32. The van der Waals surface area contributed by atoms with Gasteiger partial charge in [-0.25, -0.2) is 23.4 Å². The van der Waals surface area contributed by atoms with Crippen LogP contribution in [0.15, 0.2) is 71.8 Å². The van der Waals surface area contributed by atoms with E-state index in [2.05, 4.69) is 31.9 Å². The molecule has 1 fully saturated rings. The fourth-order valence-electron chi connectivity index (χ4n) is 4.10. The Morgan fingerprint density at radius 1 is 0.838 bits per heavy atom. The minimum atomic E-state index is -0.703. The molecule has 0 spiro atoms. The molecule has 0 amide bonds. The quantitative estimate of drug-likeness (QED) is 0.400. The Kier molecular flexibility index (Phi) is 8.35. The van der Waals surface area contributed by atoms with Crippen LogP contribution in [0.3, 0.4) is 0 Å². The van der Waals surface area contributed by atoms with Gasteiger partial charge in [-0.05, 0) is 36.9 Å². The summed E-state index contributed by atoms with van der Waals surface area (Å²) < 4.78 is 28.6. The summed E-state index contributed by atoms with van der Waals surface area (Å²) in [6.45, 7) is 8.09. The van der Waals surface area contributed by atoms with Crippen LogP contribution in [0.1, 0.15) is 19.4 Å². The third-order valence-electron chi connectivity index (χ3n) is 6.05. The van der Waals surface area contributed by atoms with Crippen LogP contribution in [-0.4, -0.2) is 57.9 Å². The van der Waals surface area contributed by atoms with E-state index >= 15 is 0 Å². The number of anilines is 1. The normalized spacial score (nSPS) is 13.7. The van der Waals surface area contributed by atoms with Gasteiger partial charge in [0.15, 0.2) is 5.82 Å². The lowest BCUT2D eigenvalue weighted by atomic mass is 10.1. The number of hydrogen-bond acceptors (Lipinski definition) is 6. The summed E-state index contributed by atoms with van der Waals surface area (Å²) in [7, 11) is 2.12. The number of piperazine rings is 1. The second-order valence-electron chi connectivity index (χ2n) is 8.63.